The third-order valence-electron chi connectivity index (χ3n) is 3.56. The van der Waals surface area contributed by atoms with Gasteiger partial charge in [0.15, 0.2) is 0 Å². The number of Topliss-reactive ketones (excluding diaryl/α,β-unsaturated/α-hetero) is 1. The van der Waals surface area contributed by atoms with Gasteiger partial charge in [-0.25, -0.2) is 0 Å². The summed E-state index contributed by atoms with van der Waals surface area (Å²) in [4.78, 5) is 25.8. The van der Waals surface area contributed by atoms with Crippen LogP contribution in [0.25, 0.3) is 0 Å². The van der Waals surface area contributed by atoms with Gasteiger partial charge in [-0.2, -0.15) is 0 Å². The monoisotopic (exact) mass is 259 g/mol. The highest BCUT2D eigenvalue weighted by atomic mass is 16.2. The van der Waals surface area contributed by atoms with Gasteiger partial charge in [0, 0.05) is 6.54 Å². The van der Waals surface area contributed by atoms with Crippen LogP contribution in [0, 0.1) is 19.8 Å². The number of carbonyl (C=O) groups is 2. The number of aryl methyl sites for hydroxylation is 2. The van der Waals surface area contributed by atoms with Crippen molar-refractivity contribution in [3.8, 4) is 0 Å². The van der Waals surface area contributed by atoms with Crippen molar-refractivity contribution in [2.24, 2.45) is 5.92 Å². The van der Waals surface area contributed by atoms with Crippen LogP contribution in [0.15, 0.2) is 12.1 Å². The molecule has 2 rings (SSSR count). The third-order valence-corrected chi connectivity index (χ3v) is 3.56. The van der Waals surface area contributed by atoms with E-state index >= 15 is 0 Å². The zero-order valence-electron chi connectivity index (χ0n) is 12.1. The zero-order valence-corrected chi connectivity index (χ0v) is 12.1. The Hall–Kier alpha value is -1.64. The molecule has 1 heterocycles. The fraction of sp³-hybridized carbons (Fsp3) is 0.500. The molecule has 0 saturated heterocycles. The molecule has 1 aromatic rings. The van der Waals surface area contributed by atoms with Crippen LogP contribution in [0.1, 0.15) is 48.2 Å². The predicted molar refractivity (Wildman–Crippen MR) is 76.7 cm³/mol. The quantitative estimate of drug-likeness (QED) is 0.778. The summed E-state index contributed by atoms with van der Waals surface area (Å²) in [7, 11) is 0. The molecule has 0 atom stereocenters. The number of nitrogens with zero attached hydrogens (tertiary/aromatic N) is 1. The first-order valence-electron chi connectivity index (χ1n) is 6.89. The highest BCUT2D eigenvalue weighted by Crippen LogP contribution is 2.33. The first kappa shape index (κ1) is 13.8. The van der Waals surface area contributed by atoms with E-state index in [-0.39, 0.29) is 11.7 Å². The first-order chi connectivity index (χ1) is 8.91. The topological polar surface area (TPSA) is 37.4 Å². The fourth-order valence-corrected chi connectivity index (χ4v) is 2.70. The second-order valence-corrected chi connectivity index (χ2v) is 5.80. The van der Waals surface area contributed by atoms with Crippen molar-refractivity contribution in [2.75, 3.05) is 11.4 Å². The Labute approximate surface area is 114 Å². The lowest BCUT2D eigenvalue weighted by atomic mass is 10.0. The summed E-state index contributed by atoms with van der Waals surface area (Å²) in [5, 5.41) is 0. The highest BCUT2D eigenvalue weighted by Gasteiger charge is 2.36. The molecule has 0 unspecified atom stereocenters. The van der Waals surface area contributed by atoms with Gasteiger partial charge in [-0.3, -0.25) is 9.59 Å². The molecule has 1 aromatic carbocycles. The van der Waals surface area contributed by atoms with Crippen LogP contribution in [0.4, 0.5) is 5.69 Å². The third kappa shape index (κ3) is 2.55. The van der Waals surface area contributed by atoms with Gasteiger partial charge < -0.3 is 4.90 Å². The summed E-state index contributed by atoms with van der Waals surface area (Å²) in [5.74, 6) is -0.106. The first-order valence-corrected chi connectivity index (χ1v) is 6.89. The van der Waals surface area contributed by atoms with Crippen LogP contribution in [0.5, 0.6) is 0 Å². The van der Waals surface area contributed by atoms with Gasteiger partial charge in [-0.05, 0) is 49.8 Å². The molecular weight excluding hydrogens is 238 g/mol. The molecule has 0 bridgehead atoms. The molecule has 0 saturated carbocycles. The second-order valence-electron chi connectivity index (χ2n) is 5.80. The predicted octanol–water partition coefficient (Wildman–Crippen LogP) is 3.27. The van der Waals surface area contributed by atoms with Crippen LogP contribution in [0.2, 0.25) is 0 Å². The lowest BCUT2D eigenvalue weighted by Crippen LogP contribution is -2.31. The number of anilines is 1. The van der Waals surface area contributed by atoms with Crippen molar-refractivity contribution < 1.29 is 9.59 Å². The summed E-state index contributed by atoms with van der Waals surface area (Å²) in [6.07, 6.45) is 2.00. The van der Waals surface area contributed by atoms with Gasteiger partial charge in [0.05, 0.1) is 11.3 Å². The van der Waals surface area contributed by atoms with E-state index in [0.717, 1.165) is 29.7 Å². The van der Waals surface area contributed by atoms with Crippen molar-refractivity contribution >= 4 is 17.4 Å². The normalized spacial score (nSPS) is 14.5. The number of hydrogen-bond acceptors (Lipinski definition) is 2. The molecule has 3 heteroatoms. The van der Waals surface area contributed by atoms with E-state index in [4.69, 9.17) is 0 Å². The Bertz CT molecular complexity index is 532. The van der Waals surface area contributed by atoms with Gasteiger partial charge in [0.1, 0.15) is 0 Å². The van der Waals surface area contributed by atoms with Crippen LogP contribution in [-0.4, -0.2) is 18.2 Å². The van der Waals surface area contributed by atoms with E-state index in [9.17, 15) is 9.59 Å². The van der Waals surface area contributed by atoms with E-state index < -0.39 is 0 Å². The lowest BCUT2D eigenvalue weighted by molar-refractivity contribution is -0.114. The van der Waals surface area contributed by atoms with Crippen LogP contribution >= 0.6 is 0 Å². The number of rotatable bonds is 4. The van der Waals surface area contributed by atoms with E-state index in [2.05, 4.69) is 13.8 Å². The molecule has 0 aromatic heterocycles. The number of amides is 1. The van der Waals surface area contributed by atoms with Gasteiger partial charge in [0.2, 0.25) is 0 Å². The Kier molecular flexibility index (Phi) is 3.74. The Morgan fingerprint density at radius 3 is 2.47 bits per heavy atom. The average molecular weight is 259 g/mol. The molecule has 1 amide bonds. The Balaban J connectivity index is 2.28. The molecule has 102 valence electrons. The molecular formula is C16H21NO2. The molecule has 19 heavy (non-hydrogen) atoms. The minimum atomic E-state index is -0.368. The molecule has 0 spiro atoms. The molecule has 1 aliphatic heterocycles. The standard InChI is InChI=1S/C16H21NO2/c1-10(2)6-5-7-17-14-12(4)8-11(3)9-13(14)15(18)16(17)19/h8-10H,5-7H2,1-4H3. The SMILES string of the molecule is Cc1cc(C)c2c(c1)C(=O)C(=O)N2CCCC(C)C. The van der Waals surface area contributed by atoms with Gasteiger partial charge in [-0.1, -0.05) is 19.9 Å². The summed E-state index contributed by atoms with van der Waals surface area (Å²) >= 11 is 0. The zero-order chi connectivity index (χ0) is 14.2. The minimum absolute atomic E-state index is 0.355. The maximum Gasteiger partial charge on any atom is 0.299 e. The number of hydrogen-bond donors (Lipinski definition) is 0. The van der Waals surface area contributed by atoms with E-state index in [0.29, 0.717) is 18.0 Å². The Morgan fingerprint density at radius 2 is 1.84 bits per heavy atom. The van der Waals surface area contributed by atoms with E-state index in [1.54, 1.807) is 4.90 Å². The molecule has 1 aliphatic rings. The Morgan fingerprint density at radius 1 is 1.16 bits per heavy atom. The van der Waals surface area contributed by atoms with Crippen molar-refractivity contribution in [2.45, 2.75) is 40.5 Å². The molecule has 0 radical (unpaired) electrons. The van der Waals surface area contributed by atoms with Crippen molar-refractivity contribution in [3.63, 3.8) is 0 Å². The van der Waals surface area contributed by atoms with Crippen LogP contribution in [0.3, 0.4) is 0 Å². The van der Waals surface area contributed by atoms with Crippen molar-refractivity contribution in [1.82, 2.24) is 0 Å². The number of fused-ring (bicyclic) bond motifs is 1. The van der Waals surface area contributed by atoms with Crippen LogP contribution < -0.4 is 4.90 Å². The van der Waals surface area contributed by atoms with Gasteiger partial charge in [0.25, 0.3) is 11.7 Å². The molecule has 0 N–H and O–H groups in total. The minimum Gasteiger partial charge on any atom is -0.304 e. The molecule has 0 aliphatic carbocycles. The van der Waals surface area contributed by atoms with Crippen LogP contribution in [-0.2, 0) is 4.79 Å². The lowest BCUT2D eigenvalue weighted by Gasteiger charge is -2.19. The summed E-state index contributed by atoms with van der Waals surface area (Å²) in [5.41, 5.74) is 3.44. The average Bonchev–Trinajstić information content (AvgIpc) is 2.54. The van der Waals surface area contributed by atoms with Gasteiger partial charge >= 0.3 is 0 Å². The van der Waals surface area contributed by atoms with Crippen molar-refractivity contribution in [3.05, 3.63) is 28.8 Å². The molecule has 3 nitrogen and oxygen atoms in total. The smallest absolute Gasteiger partial charge is 0.299 e. The summed E-state index contributed by atoms with van der Waals surface area (Å²) in [6, 6.07) is 3.85. The summed E-state index contributed by atoms with van der Waals surface area (Å²) in [6.45, 7) is 8.89. The maximum absolute atomic E-state index is 12.1. The number of benzene rings is 1. The fourth-order valence-electron chi connectivity index (χ4n) is 2.70. The summed E-state index contributed by atoms with van der Waals surface area (Å²) < 4.78 is 0. The highest BCUT2D eigenvalue weighted by molar-refractivity contribution is 6.52. The maximum atomic E-state index is 12.1. The van der Waals surface area contributed by atoms with Gasteiger partial charge in [-0.15, -0.1) is 0 Å². The molecule has 0 fully saturated rings. The number of ketones is 1. The number of carbonyl (C=O) groups excluding carboxylic acids is 2. The van der Waals surface area contributed by atoms with E-state index in [1.165, 1.54) is 0 Å². The largest absolute Gasteiger partial charge is 0.304 e. The van der Waals surface area contributed by atoms with E-state index in [1.807, 2.05) is 26.0 Å². The van der Waals surface area contributed by atoms with Crippen molar-refractivity contribution in [1.29, 1.82) is 0 Å². The second kappa shape index (κ2) is 5.16.